The topological polar surface area (TPSA) is 172 Å². The molecule has 310 valence electrons. The maximum atomic E-state index is 14.3. The molecule has 1 aromatic heterocycles. The van der Waals surface area contributed by atoms with Gasteiger partial charge in [0.25, 0.3) is 0 Å². The van der Waals surface area contributed by atoms with E-state index in [2.05, 4.69) is 10.6 Å². The van der Waals surface area contributed by atoms with Gasteiger partial charge in [-0.3, -0.25) is 9.59 Å². The lowest BCUT2D eigenvalue weighted by Crippen LogP contribution is -2.50. The van der Waals surface area contributed by atoms with Crippen LogP contribution in [0.3, 0.4) is 0 Å². The first-order chi connectivity index (χ1) is 26.5. The normalized spacial score (nSPS) is 25.3. The van der Waals surface area contributed by atoms with Crippen molar-refractivity contribution >= 4 is 46.7 Å². The number of methoxy groups -OCH3 is 1. The Balaban J connectivity index is 1.26. The number of nitrogens with zero attached hydrogens (tertiary/aromatic N) is 1. The zero-order valence-electron chi connectivity index (χ0n) is 33.6. The van der Waals surface area contributed by atoms with Gasteiger partial charge in [-0.05, 0) is 134 Å². The molecule has 1 unspecified atom stereocenters. The fourth-order valence-electron chi connectivity index (χ4n) is 8.42. The SMILES string of the molecule is COC1CCC([C@@H]2CCN(C(=O)C3CCC([C@@H](CF)NC(=O)OC(C)(C)C)CC3)[C@H]2C(=O)Nc2ccc3oc(C(=O)OC(C)OC(=O)OC(C)C)cc3c2)CC1. The number of carbonyl (C=O) groups excluding carboxylic acids is 5. The van der Waals surface area contributed by atoms with Gasteiger partial charge in [-0.15, -0.1) is 0 Å². The van der Waals surface area contributed by atoms with Gasteiger partial charge in [0.1, 0.15) is 23.9 Å². The Labute approximate surface area is 327 Å². The molecule has 3 fully saturated rings. The number of amides is 3. The van der Waals surface area contributed by atoms with Crippen LogP contribution in [0, 0.1) is 23.7 Å². The first-order valence-electron chi connectivity index (χ1n) is 19.9. The molecule has 4 atom stereocenters. The highest BCUT2D eigenvalue weighted by Gasteiger charge is 2.47. The van der Waals surface area contributed by atoms with Crippen LogP contribution in [0.4, 0.5) is 19.7 Å². The number of fused-ring (bicyclic) bond motifs is 1. The van der Waals surface area contributed by atoms with Gasteiger partial charge in [-0.1, -0.05) is 0 Å². The predicted molar refractivity (Wildman–Crippen MR) is 203 cm³/mol. The van der Waals surface area contributed by atoms with E-state index in [9.17, 15) is 28.4 Å². The summed E-state index contributed by atoms with van der Waals surface area (Å²) in [7, 11) is 1.72. The number of hydrogen-bond donors (Lipinski definition) is 2. The number of ether oxygens (including phenoxy) is 5. The van der Waals surface area contributed by atoms with Crippen molar-refractivity contribution in [1.29, 1.82) is 0 Å². The molecule has 56 heavy (non-hydrogen) atoms. The van der Waals surface area contributed by atoms with Crippen LogP contribution in [0.25, 0.3) is 11.0 Å². The van der Waals surface area contributed by atoms with Crippen LogP contribution in [-0.2, 0) is 33.3 Å². The Bertz CT molecular complexity index is 1690. The van der Waals surface area contributed by atoms with E-state index in [0.29, 0.717) is 55.3 Å². The molecule has 1 aromatic carbocycles. The summed E-state index contributed by atoms with van der Waals surface area (Å²) in [5.74, 6) is -1.58. The first-order valence-corrected chi connectivity index (χ1v) is 19.9. The molecule has 15 heteroatoms. The molecule has 0 spiro atoms. The Kier molecular flexibility index (Phi) is 14.3. The minimum atomic E-state index is -1.23. The van der Waals surface area contributed by atoms with Crippen molar-refractivity contribution in [3.8, 4) is 0 Å². The third-order valence-corrected chi connectivity index (χ3v) is 11.1. The van der Waals surface area contributed by atoms with E-state index in [1.54, 1.807) is 64.8 Å². The lowest BCUT2D eigenvalue weighted by atomic mass is 9.75. The van der Waals surface area contributed by atoms with Crippen LogP contribution in [0.15, 0.2) is 28.7 Å². The molecular weight excluding hydrogens is 729 g/mol. The summed E-state index contributed by atoms with van der Waals surface area (Å²) in [6.07, 6.45) is 3.40. The minimum absolute atomic E-state index is 0.0388. The lowest BCUT2D eigenvalue weighted by molar-refractivity contribution is -0.142. The standard InChI is InChI=1S/C41H58FN3O11/c1-23(2)52-40(50)54-24(3)53-38(48)34-21-28-20-29(14-17-33(28)55-34)43-36(46)35-31(25-12-15-30(51-7)16-13-25)18-19-45(35)37(47)27-10-8-26(9-11-27)32(22-42)44-39(49)56-41(4,5)6/h14,17,20-21,23-27,30-32,35H,8-13,15-16,18-19,22H2,1-7H3,(H,43,46)(H,44,49)/t24?,25?,26?,27?,30?,31-,32+,35+/m0/s1. The highest BCUT2D eigenvalue weighted by molar-refractivity contribution is 6.00. The maximum absolute atomic E-state index is 14.3. The summed E-state index contributed by atoms with van der Waals surface area (Å²) >= 11 is 0. The van der Waals surface area contributed by atoms with Crippen molar-refractivity contribution in [2.75, 3.05) is 25.6 Å². The molecule has 1 saturated heterocycles. The minimum Gasteiger partial charge on any atom is -0.449 e. The monoisotopic (exact) mass is 787 g/mol. The van der Waals surface area contributed by atoms with Crippen LogP contribution in [0.5, 0.6) is 0 Å². The molecule has 2 heterocycles. The second-order valence-corrected chi connectivity index (χ2v) is 16.6. The number of hydrogen-bond acceptors (Lipinski definition) is 11. The fourth-order valence-corrected chi connectivity index (χ4v) is 8.42. The largest absolute Gasteiger partial charge is 0.511 e. The van der Waals surface area contributed by atoms with Gasteiger partial charge in [-0.2, -0.15) is 0 Å². The van der Waals surface area contributed by atoms with Gasteiger partial charge in [0.15, 0.2) is 0 Å². The molecule has 5 rings (SSSR count). The van der Waals surface area contributed by atoms with Crippen LogP contribution in [0.2, 0.25) is 0 Å². The molecular formula is C41H58FN3O11. The number of likely N-dealkylation sites (tertiary alicyclic amines) is 1. The van der Waals surface area contributed by atoms with Crippen LogP contribution in [-0.4, -0.2) is 91.4 Å². The van der Waals surface area contributed by atoms with Crippen molar-refractivity contribution in [1.82, 2.24) is 10.2 Å². The van der Waals surface area contributed by atoms with Gasteiger partial charge in [-0.25, -0.2) is 18.8 Å². The molecule has 2 saturated carbocycles. The van der Waals surface area contributed by atoms with Gasteiger partial charge in [0.2, 0.25) is 23.9 Å². The van der Waals surface area contributed by atoms with Gasteiger partial charge in [0.05, 0.1) is 18.2 Å². The van der Waals surface area contributed by atoms with Crippen molar-refractivity contribution in [2.24, 2.45) is 23.7 Å². The first kappa shape index (κ1) is 42.7. The number of furan rings is 1. The van der Waals surface area contributed by atoms with E-state index < -0.39 is 55.0 Å². The van der Waals surface area contributed by atoms with Crippen LogP contribution < -0.4 is 10.6 Å². The molecule has 0 radical (unpaired) electrons. The smallest absolute Gasteiger partial charge is 0.449 e. The van der Waals surface area contributed by atoms with Crippen LogP contribution in [0.1, 0.15) is 110 Å². The van der Waals surface area contributed by atoms with Crippen molar-refractivity contribution < 1.29 is 56.5 Å². The molecule has 2 aliphatic carbocycles. The van der Waals surface area contributed by atoms with E-state index >= 15 is 0 Å². The van der Waals surface area contributed by atoms with Gasteiger partial charge in [0, 0.05) is 37.6 Å². The van der Waals surface area contributed by atoms with Gasteiger partial charge < -0.3 is 43.6 Å². The molecule has 3 amide bonds. The average Bonchev–Trinajstić information content (AvgIpc) is 3.78. The number of esters is 1. The zero-order valence-corrected chi connectivity index (χ0v) is 33.6. The Hall–Kier alpha value is -4.40. The summed E-state index contributed by atoms with van der Waals surface area (Å²) in [6.45, 7) is 9.68. The quantitative estimate of drug-likeness (QED) is 0.124. The summed E-state index contributed by atoms with van der Waals surface area (Å²) in [5.41, 5.74) is 0.135. The van der Waals surface area contributed by atoms with E-state index in [-0.39, 0.29) is 47.4 Å². The number of alkyl halides is 1. The average molecular weight is 788 g/mol. The van der Waals surface area contributed by atoms with Gasteiger partial charge >= 0.3 is 18.2 Å². The third kappa shape index (κ3) is 11.1. The Morgan fingerprint density at radius 3 is 2.23 bits per heavy atom. The zero-order chi connectivity index (χ0) is 40.7. The number of halogens is 1. The predicted octanol–water partition coefficient (Wildman–Crippen LogP) is 7.53. The second-order valence-electron chi connectivity index (χ2n) is 16.6. The summed E-state index contributed by atoms with van der Waals surface area (Å²) < 4.78 is 45.8. The number of carbonyl (C=O) groups is 5. The molecule has 1 aliphatic heterocycles. The fraction of sp³-hybridized carbons (Fsp3) is 0.683. The number of benzene rings is 1. The summed E-state index contributed by atoms with van der Waals surface area (Å²) in [4.78, 5) is 67.3. The maximum Gasteiger partial charge on any atom is 0.511 e. The van der Waals surface area contributed by atoms with Crippen molar-refractivity contribution in [3.05, 3.63) is 30.0 Å². The summed E-state index contributed by atoms with van der Waals surface area (Å²) in [6, 6.07) is 5.06. The number of rotatable bonds is 12. The van der Waals surface area contributed by atoms with Crippen molar-refractivity contribution in [2.45, 2.75) is 136 Å². The molecule has 14 nitrogen and oxygen atoms in total. The highest BCUT2D eigenvalue weighted by Crippen LogP contribution is 2.42. The van der Waals surface area contributed by atoms with Crippen molar-refractivity contribution in [3.63, 3.8) is 0 Å². The van der Waals surface area contributed by atoms with E-state index in [4.69, 9.17) is 28.1 Å². The molecule has 0 bridgehead atoms. The molecule has 2 N–H and O–H groups in total. The summed E-state index contributed by atoms with van der Waals surface area (Å²) in [5, 5.41) is 6.25. The second kappa shape index (κ2) is 18.7. The molecule has 3 aliphatic rings. The number of alkyl carbamates (subject to hydrolysis) is 1. The van der Waals surface area contributed by atoms with E-state index in [1.807, 2.05) is 0 Å². The van der Waals surface area contributed by atoms with Crippen LogP contribution >= 0.6 is 0 Å². The van der Waals surface area contributed by atoms with E-state index in [0.717, 1.165) is 25.7 Å². The van der Waals surface area contributed by atoms with E-state index in [1.165, 1.54) is 13.0 Å². The lowest BCUT2D eigenvalue weighted by Gasteiger charge is -2.38. The number of anilines is 1. The molecule has 2 aromatic rings. The Morgan fingerprint density at radius 1 is 0.911 bits per heavy atom. The Morgan fingerprint density at radius 2 is 1.61 bits per heavy atom. The number of nitrogens with one attached hydrogen (secondary N) is 2. The highest BCUT2D eigenvalue weighted by atomic mass is 19.1. The third-order valence-electron chi connectivity index (χ3n) is 11.1.